The number of aromatic nitrogens is 1. The van der Waals surface area contributed by atoms with Gasteiger partial charge in [0.15, 0.2) is 0 Å². The summed E-state index contributed by atoms with van der Waals surface area (Å²) in [5, 5.41) is 0.918. The fraction of sp³-hybridized carbons (Fsp3) is 0.556. The Kier molecular flexibility index (Phi) is 4.78. The molecule has 5 nitrogen and oxygen atoms in total. The maximum atomic E-state index is 12.5. The van der Waals surface area contributed by atoms with E-state index in [2.05, 4.69) is 11.1 Å². The minimum Gasteiger partial charge on any atom is -0.374 e. The molecule has 4 rings (SSSR count). The average molecular weight is 346 g/mol. The van der Waals surface area contributed by atoms with Gasteiger partial charge >= 0.3 is 0 Å². The quantitative estimate of drug-likeness (QED) is 0.854. The number of carbonyl (C=O) groups excluding carboxylic acids is 1. The van der Waals surface area contributed by atoms with Crippen LogP contribution in [0, 0.1) is 0 Å². The van der Waals surface area contributed by atoms with Gasteiger partial charge in [-0.15, -0.1) is 11.3 Å². The second-order valence-electron chi connectivity index (χ2n) is 6.42. The van der Waals surface area contributed by atoms with Crippen molar-refractivity contribution in [1.82, 2.24) is 9.88 Å². The molecule has 1 saturated heterocycles. The average Bonchev–Trinajstić information content (AvgIpc) is 3.04. The normalized spacial score (nSPS) is 24.1. The Morgan fingerprint density at radius 2 is 2.21 bits per heavy atom. The summed E-state index contributed by atoms with van der Waals surface area (Å²) in [4.78, 5) is 19.1. The van der Waals surface area contributed by atoms with Gasteiger partial charge < -0.3 is 14.4 Å². The second-order valence-corrected chi connectivity index (χ2v) is 7.53. The molecule has 1 aromatic heterocycles. The summed E-state index contributed by atoms with van der Waals surface area (Å²) in [5.41, 5.74) is 0.991. The van der Waals surface area contributed by atoms with Gasteiger partial charge in [0.2, 0.25) is 5.91 Å². The molecule has 2 heterocycles. The van der Waals surface area contributed by atoms with E-state index in [0.29, 0.717) is 19.8 Å². The molecule has 2 atom stereocenters. The van der Waals surface area contributed by atoms with E-state index in [1.807, 2.05) is 23.1 Å². The van der Waals surface area contributed by atoms with Crippen LogP contribution in [0.1, 0.15) is 30.7 Å². The number of para-hydroxylation sites is 1. The molecule has 1 aromatic carbocycles. The lowest BCUT2D eigenvalue weighted by atomic mass is 9.90. The van der Waals surface area contributed by atoms with Crippen molar-refractivity contribution in [2.45, 2.75) is 44.4 Å². The maximum Gasteiger partial charge on any atom is 0.249 e. The molecular formula is C18H22N2O3S. The summed E-state index contributed by atoms with van der Waals surface area (Å²) in [6.45, 7) is 1.85. The van der Waals surface area contributed by atoms with Crippen LogP contribution in [0.2, 0.25) is 0 Å². The first kappa shape index (κ1) is 16.0. The van der Waals surface area contributed by atoms with E-state index in [1.54, 1.807) is 11.3 Å². The molecule has 1 saturated carbocycles. The third-order valence-electron chi connectivity index (χ3n) is 4.84. The molecule has 0 unspecified atom stereocenters. The number of rotatable bonds is 4. The van der Waals surface area contributed by atoms with Crippen molar-refractivity contribution in [3.05, 3.63) is 29.3 Å². The first-order valence-electron chi connectivity index (χ1n) is 8.64. The summed E-state index contributed by atoms with van der Waals surface area (Å²) >= 11 is 1.62. The summed E-state index contributed by atoms with van der Waals surface area (Å²) in [7, 11) is 0. The zero-order valence-electron chi connectivity index (χ0n) is 13.6. The number of ether oxygens (including phenoxy) is 2. The predicted octanol–water partition coefficient (Wildman–Crippen LogP) is 2.98. The Morgan fingerprint density at radius 3 is 3.12 bits per heavy atom. The molecule has 2 aliphatic rings. The van der Waals surface area contributed by atoms with Gasteiger partial charge in [0.25, 0.3) is 0 Å². The highest BCUT2D eigenvalue weighted by Gasteiger charge is 2.36. The zero-order valence-corrected chi connectivity index (χ0v) is 14.5. The van der Waals surface area contributed by atoms with Crippen LogP contribution in [0.15, 0.2) is 24.3 Å². The monoisotopic (exact) mass is 346 g/mol. The first-order chi connectivity index (χ1) is 11.8. The van der Waals surface area contributed by atoms with Crippen LogP contribution in [0.25, 0.3) is 10.2 Å². The molecule has 0 N–H and O–H groups in total. The number of thiazole rings is 1. The minimum atomic E-state index is 0.0799. The van der Waals surface area contributed by atoms with Gasteiger partial charge in [0.1, 0.15) is 11.6 Å². The number of amides is 1. The zero-order chi connectivity index (χ0) is 16.4. The number of hydrogen-bond donors (Lipinski definition) is 0. The van der Waals surface area contributed by atoms with Gasteiger partial charge in [-0.3, -0.25) is 4.79 Å². The fourth-order valence-electron chi connectivity index (χ4n) is 3.70. The molecular weight excluding hydrogens is 324 g/mol. The molecule has 0 bridgehead atoms. The number of nitrogens with zero attached hydrogens (tertiary/aromatic N) is 2. The highest BCUT2D eigenvalue weighted by atomic mass is 32.1. The van der Waals surface area contributed by atoms with Crippen molar-refractivity contribution >= 4 is 27.5 Å². The van der Waals surface area contributed by atoms with Crippen LogP contribution in [0.5, 0.6) is 0 Å². The van der Waals surface area contributed by atoms with E-state index in [0.717, 1.165) is 28.1 Å². The van der Waals surface area contributed by atoms with Crippen molar-refractivity contribution in [3.63, 3.8) is 0 Å². The van der Waals surface area contributed by atoms with Gasteiger partial charge in [-0.2, -0.15) is 0 Å². The van der Waals surface area contributed by atoms with Crippen molar-refractivity contribution < 1.29 is 14.3 Å². The third-order valence-corrected chi connectivity index (χ3v) is 5.85. The molecule has 0 radical (unpaired) electrons. The van der Waals surface area contributed by atoms with E-state index < -0.39 is 0 Å². The molecule has 1 amide bonds. The highest BCUT2D eigenvalue weighted by molar-refractivity contribution is 7.18. The van der Waals surface area contributed by atoms with E-state index in [-0.39, 0.29) is 24.7 Å². The van der Waals surface area contributed by atoms with Crippen molar-refractivity contribution in [3.8, 4) is 0 Å². The molecule has 1 aliphatic carbocycles. The first-order valence-corrected chi connectivity index (χ1v) is 9.46. The molecule has 2 aromatic rings. The van der Waals surface area contributed by atoms with E-state index in [1.165, 1.54) is 12.8 Å². The Labute approximate surface area is 145 Å². The van der Waals surface area contributed by atoms with Crippen LogP contribution in [-0.4, -0.2) is 47.7 Å². The highest BCUT2D eigenvalue weighted by Crippen LogP contribution is 2.28. The van der Waals surface area contributed by atoms with Crippen LogP contribution in [-0.2, 0) is 20.9 Å². The Bertz CT molecular complexity index is 682. The smallest absolute Gasteiger partial charge is 0.249 e. The van der Waals surface area contributed by atoms with Crippen LogP contribution in [0.3, 0.4) is 0 Å². The lowest BCUT2D eigenvalue weighted by Crippen LogP contribution is -2.55. The Hall–Kier alpha value is -1.50. The summed E-state index contributed by atoms with van der Waals surface area (Å²) in [5.74, 6) is 0.0799. The number of hydrogen-bond acceptors (Lipinski definition) is 5. The minimum absolute atomic E-state index is 0.0799. The maximum absolute atomic E-state index is 12.5. The summed E-state index contributed by atoms with van der Waals surface area (Å²) in [6.07, 6.45) is 4.73. The predicted molar refractivity (Wildman–Crippen MR) is 93.0 cm³/mol. The van der Waals surface area contributed by atoms with Gasteiger partial charge in [-0.05, 0) is 25.0 Å². The summed E-state index contributed by atoms with van der Waals surface area (Å²) in [6, 6.07) is 8.28. The van der Waals surface area contributed by atoms with Crippen molar-refractivity contribution in [2.24, 2.45) is 0 Å². The SMILES string of the molecule is O=C(COCc1nc2ccccc2s1)N1CCO[C@@H]2CCCC[C@@H]21. The van der Waals surface area contributed by atoms with Gasteiger partial charge in [-0.1, -0.05) is 25.0 Å². The standard InChI is InChI=1S/C18H22N2O3S/c21-18(20-9-10-23-15-7-3-2-6-14(15)20)12-22-11-17-19-13-5-1-4-8-16(13)24-17/h1,4-5,8,14-15H,2-3,6-7,9-12H2/t14-,15+/m0/s1. The summed E-state index contributed by atoms with van der Waals surface area (Å²) < 4.78 is 12.6. The van der Waals surface area contributed by atoms with Gasteiger partial charge in [0, 0.05) is 6.54 Å². The van der Waals surface area contributed by atoms with Crippen LogP contribution < -0.4 is 0 Å². The van der Waals surface area contributed by atoms with Gasteiger partial charge in [-0.25, -0.2) is 4.98 Å². The van der Waals surface area contributed by atoms with E-state index in [4.69, 9.17) is 9.47 Å². The van der Waals surface area contributed by atoms with E-state index >= 15 is 0 Å². The number of fused-ring (bicyclic) bond motifs is 2. The lowest BCUT2D eigenvalue weighted by Gasteiger charge is -2.43. The molecule has 128 valence electrons. The number of morpholine rings is 1. The van der Waals surface area contributed by atoms with Gasteiger partial charge in [0.05, 0.1) is 35.6 Å². The number of benzene rings is 1. The van der Waals surface area contributed by atoms with Crippen molar-refractivity contribution in [1.29, 1.82) is 0 Å². The lowest BCUT2D eigenvalue weighted by molar-refractivity contribution is -0.154. The molecule has 0 spiro atoms. The second kappa shape index (κ2) is 7.17. The largest absolute Gasteiger partial charge is 0.374 e. The molecule has 1 aliphatic heterocycles. The topological polar surface area (TPSA) is 51.7 Å². The number of carbonyl (C=O) groups is 1. The Balaban J connectivity index is 1.32. The Morgan fingerprint density at radius 1 is 1.33 bits per heavy atom. The van der Waals surface area contributed by atoms with Crippen LogP contribution >= 0.6 is 11.3 Å². The van der Waals surface area contributed by atoms with Crippen molar-refractivity contribution in [2.75, 3.05) is 19.8 Å². The molecule has 24 heavy (non-hydrogen) atoms. The molecule has 2 fully saturated rings. The third kappa shape index (κ3) is 3.31. The van der Waals surface area contributed by atoms with Crippen LogP contribution in [0.4, 0.5) is 0 Å². The van der Waals surface area contributed by atoms with E-state index in [9.17, 15) is 4.79 Å². The fourth-order valence-corrected chi connectivity index (χ4v) is 4.60. The molecule has 6 heteroatoms.